The van der Waals surface area contributed by atoms with Crippen LogP contribution in [-0.4, -0.2) is 11.7 Å². The second-order valence-corrected chi connectivity index (χ2v) is 6.22. The standard InChI is InChI=1S/C17H16N4O3/c1-4-17-11(3)16(9-20,14(21)24-17)15(7-18,8-19)13(23-17)12-6-5-10(2)22-12/h5-6,11,13,21H,4H2,1-3H3. The van der Waals surface area contributed by atoms with E-state index in [1.165, 1.54) is 0 Å². The largest absolute Gasteiger partial charge is 0.464 e. The topological polar surface area (TPSA) is 127 Å². The van der Waals surface area contributed by atoms with E-state index in [1.807, 2.05) is 19.1 Å². The normalized spacial score (nSPS) is 36.2. The van der Waals surface area contributed by atoms with E-state index >= 15 is 0 Å². The summed E-state index contributed by atoms with van der Waals surface area (Å²) in [7, 11) is 0. The van der Waals surface area contributed by atoms with Gasteiger partial charge in [-0.1, -0.05) is 13.8 Å². The Labute approximate surface area is 139 Å². The fourth-order valence-corrected chi connectivity index (χ4v) is 3.89. The Bertz CT molecular complexity index is 825. The second kappa shape index (κ2) is 4.84. The lowest BCUT2D eigenvalue weighted by Gasteiger charge is -2.47. The molecule has 2 fully saturated rings. The van der Waals surface area contributed by atoms with Crippen LogP contribution in [-0.2, 0) is 9.47 Å². The van der Waals surface area contributed by atoms with Crippen molar-refractivity contribution in [3.63, 3.8) is 0 Å². The molecule has 7 heteroatoms. The summed E-state index contributed by atoms with van der Waals surface area (Å²) in [5.74, 6) is -1.42. The number of hydrogen-bond acceptors (Lipinski definition) is 7. The third-order valence-electron chi connectivity index (χ3n) is 5.32. The van der Waals surface area contributed by atoms with Gasteiger partial charge in [-0.05, 0) is 19.1 Å². The van der Waals surface area contributed by atoms with Crippen LogP contribution in [0.5, 0.6) is 0 Å². The lowest BCUT2D eigenvalue weighted by atomic mass is 9.54. The average molecular weight is 324 g/mol. The number of nitrogens with one attached hydrogen (secondary N) is 1. The van der Waals surface area contributed by atoms with Crippen molar-refractivity contribution >= 4 is 5.90 Å². The first-order valence-corrected chi connectivity index (χ1v) is 7.63. The first kappa shape index (κ1) is 16.1. The van der Waals surface area contributed by atoms with Gasteiger partial charge in [0.15, 0.2) is 11.5 Å². The predicted octanol–water partition coefficient (Wildman–Crippen LogP) is 2.95. The Morgan fingerprint density at radius 2 is 1.88 bits per heavy atom. The van der Waals surface area contributed by atoms with E-state index in [-0.39, 0.29) is 5.76 Å². The maximum absolute atomic E-state index is 9.93. The predicted molar refractivity (Wildman–Crippen MR) is 80.0 cm³/mol. The Morgan fingerprint density at radius 1 is 1.21 bits per heavy atom. The zero-order valence-electron chi connectivity index (χ0n) is 13.6. The van der Waals surface area contributed by atoms with Crippen LogP contribution in [0.25, 0.3) is 0 Å². The zero-order valence-corrected chi connectivity index (χ0v) is 13.6. The van der Waals surface area contributed by atoms with Crippen molar-refractivity contribution in [2.75, 3.05) is 0 Å². The molecule has 3 rings (SSSR count). The molecular weight excluding hydrogens is 308 g/mol. The van der Waals surface area contributed by atoms with Crippen molar-refractivity contribution in [2.45, 2.75) is 39.1 Å². The first-order valence-electron chi connectivity index (χ1n) is 7.63. The molecule has 0 saturated carbocycles. The molecule has 0 aromatic carbocycles. The van der Waals surface area contributed by atoms with Gasteiger partial charge in [-0.15, -0.1) is 0 Å². The molecule has 4 atom stereocenters. The minimum Gasteiger partial charge on any atom is -0.464 e. The monoisotopic (exact) mass is 324 g/mol. The van der Waals surface area contributed by atoms with Crippen LogP contribution < -0.4 is 0 Å². The molecule has 1 N–H and O–H groups in total. The molecular formula is C17H16N4O3. The van der Waals surface area contributed by atoms with Crippen molar-refractivity contribution < 1.29 is 13.9 Å². The SMILES string of the molecule is CCC12OC(=N)C(C#N)(C1C)C(C#N)(C#N)C(c1ccc(C)o1)O2. The van der Waals surface area contributed by atoms with E-state index in [4.69, 9.17) is 19.3 Å². The number of rotatable bonds is 2. The van der Waals surface area contributed by atoms with Crippen LogP contribution in [0.3, 0.4) is 0 Å². The van der Waals surface area contributed by atoms with E-state index < -0.39 is 34.5 Å². The average Bonchev–Trinajstić information content (AvgIpc) is 3.07. The number of nitrogens with zero attached hydrogens (tertiary/aromatic N) is 3. The fourth-order valence-electron chi connectivity index (χ4n) is 3.89. The maximum atomic E-state index is 9.93. The number of fused-ring (bicyclic) bond motifs is 2. The summed E-state index contributed by atoms with van der Waals surface area (Å²) in [6, 6.07) is 9.28. The summed E-state index contributed by atoms with van der Waals surface area (Å²) in [5.41, 5.74) is -3.67. The Balaban J connectivity index is 2.34. The van der Waals surface area contributed by atoms with Gasteiger partial charge in [0.25, 0.3) is 0 Å². The molecule has 2 bridgehead atoms. The summed E-state index contributed by atoms with van der Waals surface area (Å²) < 4.78 is 17.3. The molecule has 0 amide bonds. The van der Waals surface area contributed by atoms with Crippen LogP contribution in [0.2, 0.25) is 0 Å². The molecule has 2 aliphatic rings. The molecule has 3 heterocycles. The lowest BCUT2D eigenvalue weighted by Crippen LogP contribution is -2.58. The second-order valence-electron chi connectivity index (χ2n) is 6.22. The quantitative estimate of drug-likeness (QED) is 0.890. The van der Waals surface area contributed by atoms with E-state index in [0.29, 0.717) is 12.2 Å². The minimum absolute atomic E-state index is 0.276. The number of furan rings is 1. The maximum Gasteiger partial charge on any atom is 0.217 e. The molecule has 1 aromatic heterocycles. The van der Waals surface area contributed by atoms with Crippen molar-refractivity contribution in [3.8, 4) is 18.2 Å². The third kappa shape index (κ3) is 1.49. The van der Waals surface area contributed by atoms with Crippen LogP contribution in [0.15, 0.2) is 16.5 Å². The molecule has 4 unspecified atom stereocenters. The van der Waals surface area contributed by atoms with Crippen molar-refractivity contribution in [2.24, 2.45) is 16.7 Å². The molecule has 2 saturated heterocycles. The van der Waals surface area contributed by atoms with E-state index in [0.717, 1.165) is 0 Å². The lowest BCUT2D eigenvalue weighted by molar-refractivity contribution is -0.283. The molecule has 7 nitrogen and oxygen atoms in total. The highest BCUT2D eigenvalue weighted by Crippen LogP contribution is 2.67. The van der Waals surface area contributed by atoms with Crippen molar-refractivity contribution in [1.82, 2.24) is 0 Å². The molecule has 0 radical (unpaired) electrons. The highest BCUT2D eigenvalue weighted by molar-refractivity contribution is 5.89. The van der Waals surface area contributed by atoms with Gasteiger partial charge >= 0.3 is 0 Å². The van der Waals surface area contributed by atoms with E-state index in [1.54, 1.807) is 26.0 Å². The van der Waals surface area contributed by atoms with Crippen molar-refractivity contribution in [3.05, 3.63) is 23.7 Å². The number of ether oxygens (including phenoxy) is 2. The van der Waals surface area contributed by atoms with E-state index in [9.17, 15) is 15.8 Å². The Kier molecular flexibility index (Phi) is 3.23. The van der Waals surface area contributed by atoms with Crippen LogP contribution in [0.4, 0.5) is 0 Å². The highest BCUT2D eigenvalue weighted by Gasteiger charge is 2.79. The summed E-state index contributed by atoms with van der Waals surface area (Å²) in [5, 5.41) is 38.0. The van der Waals surface area contributed by atoms with Gasteiger partial charge in [0, 0.05) is 6.42 Å². The van der Waals surface area contributed by atoms with Gasteiger partial charge in [-0.2, -0.15) is 15.8 Å². The Morgan fingerprint density at radius 3 is 2.33 bits per heavy atom. The summed E-state index contributed by atoms with van der Waals surface area (Å²) in [6.45, 7) is 5.23. The number of hydrogen-bond donors (Lipinski definition) is 1. The van der Waals surface area contributed by atoms with Gasteiger partial charge in [0.2, 0.25) is 17.1 Å². The van der Waals surface area contributed by atoms with Gasteiger partial charge in [0.05, 0.1) is 24.1 Å². The fraction of sp³-hybridized carbons (Fsp3) is 0.529. The molecule has 1 aromatic rings. The Hall–Kier alpha value is -2.82. The van der Waals surface area contributed by atoms with Crippen LogP contribution in [0, 0.1) is 63.1 Å². The van der Waals surface area contributed by atoms with E-state index in [2.05, 4.69) is 6.07 Å². The zero-order chi connectivity index (χ0) is 17.8. The smallest absolute Gasteiger partial charge is 0.217 e. The van der Waals surface area contributed by atoms with Gasteiger partial charge < -0.3 is 13.9 Å². The number of nitriles is 3. The van der Waals surface area contributed by atoms with Gasteiger partial charge in [-0.25, -0.2) is 0 Å². The van der Waals surface area contributed by atoms with Crippen LogP contribution >= 0.6 is 0 Å². The summed E-state index contributed by atoms with van der Waals surface area (Å²) in [4.78, 5) is 0. The minimum atomic E-state index is -1.95. The highest BCUT2D eigenvalue weighted by atomic mass is 16.7. The van der Waals surface area contributed by atoms with Crippen LogP contribution in [0.1, 0.15) is 37.9 Å². The molecule has 24 heavy (non-hydrogen) atoms. The summed E-state index contributed by atoms with van der Waals surface area (Å²) in [6.07, 6.45) is -0.761. The van der Waals surface area contributed by atoms with Gasteiger partial charge in [-0.3, -0.25) is 5.41 Å². The molecule has 0 spiro atoms. The van der Waals surface area contributed by atoms with Crippen molar-refractivity contribution in [1.29, 1.82) is 21.2 Å². The molecule has 0 aliphatic carbocycles. The summed E-state index contributed by atoms with van der Waals surface area (Å²) >= 11 is 0. The molecule has 2 aliphatic heterocycles. The third-order valence-corrected chi connectivity index (χ3v) is 5.32. The number of aryl methyl sites for hydroxylation is 1. The molecule has 122 valence electrons. The first-order chi connectivity index (χ1) is 11.4. The van der Waals surface area contributed by atoms with Gasteiger partial charge in [0.1, 0.15) is 11.5 Å².